The fourth-order valence-electron chi connectivity index (χ4n) is 2.77. The van der Waals surface area contributed by atoms with Crippen molar-refractivity contribution in [1.29, 1.82) is 0 Å². The van der Waals surface area contributed by atoms with Gasteiger partial charge in [0.2, 0.25) is 0 Å². The predicted octanol–water partition coefficient (Wildman–Crippen LogP) is 5.06. The third-order valence-electron chi connectivity index (χ3n) is 3.52. The van der Waals surface area contributed by atoms with Gasteiger partial charge in [0.25, 0.3) is 0 Å². The van der Waals surface area contributed by atoms with E-state index in [9.17, 15) is 13.2 Å². The van der Waals surface area contributed by atoms with Crippen LogP contribution in [0.15, 0.2) is 29.2 Å². The molecule has 118 valence electrons. The zero-order valence-electron chi connectivity index (χ0n) is 12.5. The minimum absolute atomic E-state index is 0.0394. The van der Waals surface area contributed by atoms with Crippen LogP contribution in [0.1, 0.15) is 34.1 Å². The van der Waals surface area contributed by atoms with Gasteiger partial charge in [0, 0.05) is 10.6 Å². The first kappa shape index (κ1) is 16.5. The number of anilines is 1. The molecule has 6 heteroatoms. The van der Waals surface area contributed by atoms with Crippen LogP contribution >= 0.6 is 11.8 Å². The molecule has 1 aromatic rings. The van der Waals surface area contributed by atoms with Crippen molar-refractivity contribution in [3.8, 4) is 0 Å². The highest BCUT2D eigenvalue weighted by molar-refractivity contribution is 8.00. The van der Waals surface area contributed by atoms with E-state index in [0.29, 0.717) is 5.69 Å². The van der Waals surface area contributed by atoms with E-state index in [4.69, 9.17) is 4.74 Å². The van der Waals surface area contributed by atoms with Crippen LogP contribution in [0.5, 0.6) is 0 Å². The largest absolute Gasteiger partial charge is 0.446 e. The Labute approximate surface area is 127 Å². The highest BCUT2D eigenvalue weighted by Crippen LogP contribution is 2.43. The Hall–Kier alpha value is -0.880. The van der Waals surface area contributed by atoms with Crippen molar-refractivity contribution in [3.63, 3.8) is 0 Å². The third-order valence-corrected chi connectivity index (χ3v) is 4.32. The molecule has 2 rings (SSSR count). The second kappa shape index (κ2) is 5.39. The lowest BCUT2D eigenvalue weighted by atomic mass is 9.94. The number of halogens is 3. The van der Waals surface area contributed by atoms with Crippen LogP contribution in [0.3, 0.4) is 0 Å². The number of para-hydroxylation sites is 1. The van der Waals surface area contributed by atoms with Gasteiger partial charge in [-0.1, -0.05) is 12.1 Å². The predicted molar refractivity (Wildman–Crippen MR) is 79.6 cm³/mol. The molecule has 1 saturated heterocycles. The van der Waals surface area contributed by atoms with E-state index < -0.39 is 11.1 Å². The van der Waals surface area contributed by atoms with Crippen molar-refractivity contribution in [1.82, 2.24) is 0 Å². The molecule has 21 heavy (non-hydrogen) atoms. The van der Waals surface area contributed by atoms with E-state index in [-0.39, 0.29) is 28.3 Å². The van der Waals surface area contributed by atoms with Gasteiger partial charge in [-0.05, 0) is 58.0 Å². The standard InChI is InChI=1S/C15H20F3NOS/c1-13(2)9-12(14(3,4)20-13)19-10-7-5-6-8-11(10)21-15(16,17)18/h5-8,12,19H,9H2,1-4H3. The molecule has 1 fully saturated rings. The molecule has 1 heterocycles. The van der Waals surface area contributed by atoms with E-state index in [2.05, 4.69) is 5.32 Å². The summed E-state index contributed by atoms with van der Waals surface area (Å²) in [4.78, 5) is 0.186. The maximum Gasteiger partial charge on any atom is 0.446 e. The van der Waals surface area contributed by atoms with Gasteiger partial charge in [-0.3, -0.25) is 0 Å². The smallest absolute Gasteiger partial charge is 0.378 e. The molecule has 0 spiro atoms. The molecule has 1 aliphatic heterocycles. The fraction of sp³-hybridized carbons (Fsp3) is 0.600. The van der Waals surface area contributed by atoms with Crippen molar-refractivity contribution in [2.45, 2.75) is 61.8 Å². The summed E-state index contributed by atoms with van der Waals surface area (Å²) in [5, 5.41) is 3.23. The van der Waals surface area contributed by atoms with E-state index in [1.54, 1.807) is 18.2 Å². The van der Waals surface area contributed by atoms with Crippen molar-refractivity contribution in [2.75, 3.05) is 5.32 Å². The van der Waals surface area contributed by atoms with E-state index >= 15 is 0 Å². The van der Waals surface area contributed by atoms with Gasteiger partial charge in [0.1, 0.15) is 0 Å². The molecule has 1 atom stereocenters. The average Bonchev–Trinajstić information content (AvgIpc) is 2.47. The first-order valence-corrected chi connectivity index (χ1v) is 7.62. The lowest BCUT2D eigenvalue weighted by Crippen LogP contribution is -2.38. The number of nitrogens with one attached hydrogen (secondary N) is 1. The molecule has 0 radical (unpaired) electrons. The number of rotatable bonds is 3. The molecule has 1 aromatic carbocycles. The number of alkyl halides is 3. The van der Waals surface area contributed by atoms with Crippen LogP contribution in [0, 0.1) is 0 Å². The molecule has 1 unspecified atom stereocenters. The number of benzene rings is 1. The highest BCUT2D eigenvalue weighted by Gasteiger charge is 2.46. The van der Waals surface area contributed by atoms with Crippen molar-refractivity contribution in [2.24, 2.45) is 0 Å². The van der Waals surface area contributed by atoms with Crippen LogP contribution < -0.4 is 5.32 Å². The quantitative estimate of drug-likeness (QED) is 0.787. The molecular formula is C15H20F3NOS. The topological polar surface area (TPSA) is 21.3 Å². The van der Waals surface area contributed by atoms with Crippen LogP contribution in [0.2, 0.25) is 0 Å². The summed E-state index contributed by atoms with van der Waals surface area (Å²) in [7, 11) is 0. The molecule has 0 bridgehead atoms. The first-order chi connectivity index (χ1) is 9.49. The summed E-state index contributed by atoms with van der Waals surface area (Å²) >= 11 is -0.0925. The minimum atomic E-state index is -4.29. The number of hydrogen-bond acceptors (Lipinski definition) is 3. The summed E-state index contributed by atoms with van der Waals surface area (Å²) in [6, 6.07) is 6.46. The Balaban J connectivity index is 2.20. The van der Waals surface area contributed by atoms with E-state index in [0.717, 1.165) is 6.42 Å². The lowest BCUT2D eigenvalue weighted by Gasteiger charge is -2.29. The van der Waals surface area contributed by atoms with Crippen molar-refractivity contribution < 1.29 is 17.9 Å². The molecule has 0 aliphatic carbocycles. The lowest BCUT2D eigenvalue weighted by molar-refractivity contribution is -0.0662. The molecule has 1 N–H and O–H groups in total. The fourth-order valence-corrected chi connectivity index (χ4v) is 3.41. The Kier molecular flexibility index (Phi) is 4.23. The van der Waals surface area contributed by atoms with Crippen LogP contribution in [0.4, 0.5) is 18.9 Å². The van der Waals surface area contributed by atoms with Gasteiger partial charge in [-0.2, -0.15) is 13.2 Å². The second-order valence-corrected chi connectivity index (χ2v) is 7.52. The third kappa shape index (κ3) is 4.30. The molecule has 1 aliphatic rings. The second-order valence-electron chi connectivity index (χ2n) is 6.41. The molecule has 2 nitrogen and oxygen atoms in total. The number of hydrogen-bond donors (Lipinski definition) is 1. The monoisotopic (exact) mass is 319 g/mol. The van der Waals surface area contributed by atoms with Gasteiger partial charge in [-0.25, -0.2) is 0 Å². The summed E-state index contributed by atoms with van der Waals surface area (Å²) in [6.07, 6.45) is 0.741. The Morgan fingerprint density at radius 2 is 1.81 bits per heavy atom. The SMILES string of the molecule is CC1(C)CC(Nc2ccccc2SC(F)(F)F)C(C)(C)O1. The van der Waals surface area contributed by atoms with Gasteiger partial charge in [-0.15, -0.1) is 0 Å². The molecular weight excluding hydrogens is 299 g/mol. The van der Waals surface area contributed by atoms with Gasteiger partial charge < -0.3 is 10.1 Å². The maximum atomic E-state index is 12.6. The molecule has 0 saturated carbocycles. The summed E-state index contributed by atoms with van der Waals surface area (Å²) in [5.74, 6) is 0. The van der Waals surface area contributed by atoms with Gasteiger partial charge in [0.05, 0.1) is 17.2 Å². The van der Waals surface area contributed by atoms with Crippen molar-refractivity contribution >= 4 is 17.4 Å². The van der Waals surface area contributed by atoms with Crippen molar-refractivity contribution in [3.05, 3.63) is 24.3 Å². The summed E-state index contributed by atoms with van der Waals surface area (Å²) in [6.45, 7) is 7.90. The molecule has 0 aromatic heterocycles. The zero-order valence-corrected chi connectivity index (χ0v) is 13.4. The minimum Gasteiger partial charge on any atom is -0.378 e. The van der Waals surface area contributed by atoms with Crippen LogP contribution in [-0.2, 0) is 4.74 Å². The Morgan fingerprint density at radius 3 is 2.33 bits per heavy atom. The summed E-state index contributed by atoms with van der Waals surface area (Å²) in [5.41, 5.74) is -4.51. The molecule has 0 amide bonds. The normalized spacial score (nSPS) is 24.0. The number of thioether (sulfide) groups is 1. The van der Waals surface area contributed by atoms with Crippen LogP contribution in [-0.4, -0.2) is 22.8 Å². The zero-order chi connectivity index (χ0) is 15.9. The average molecular weight is 319 g/mol. The van der Waals surface area contributed by atoms with E-state index in [1.807, 2.05) is 27.7 Å². The Morgan fingerprint density at radius 1 is 1.19 bits per heavy atom. The summed E-state index contributed by atoms with van der Waals surface area (Å²) < 4.78 is 43.8. The first-order valence-electron chi connectivity index (χ1n) is 6.80. The van der Waals surface area contributed by atoms with E-state index in [1.165, 1.54) is 6.07 Å². The highest BCUT2D eigenvalue weighted by atomic mass is 32.2. The van der Waals surface area contributed by atoms with Gasteiger partial charge >= 0.3 is 5.51 Å². The van der Waals surface area contributed by atoms with Crippen LogP contribution in [0.25, 0.3) is 0 Å². The number of ether oxygens (including phenoxy) is 1. The maximum absolute atomic E-state index is 12.6. The van der Waals surface area contributed by atoms with Gasteiger partial charge in [0.15, 0.2) is 0 Å². The Bertz CT molecular complexity index is 514.